The van der Waals surface area contributed by atoms with E-state index in [4.69, 9.17) is 9.47 Å². The summed E-state index contributed by atoms with van der Waals surface area (Å²) in [4.78, 5) is 0. The van der Waals surface area contributed by atoms with Crippen LogP contribution >= 0.6 is 0 Å². The Balaban J connectivity index is 1.84. The quantitative estimate of drug-likeness (QED) is 0.721. The predicted molar refractivity (Wildman–Crippen MR) is 61.3 cm³/mol. The number of ether oxygens (including phenoxy) is 2. The van der Waals surface area contributed by atoms with Crippen LogP contribution in [0.4, 0.5) is 0 Å². The first-order valence-corrected chi connectivity index (χ1v) is 5.96. The van der Waals surface area contributed by atoms with Gasteiger partial charge >= 0.3 is 0 Å². The highest BCUT2D eigenvalue weighted by atomic mass is 16.6. The van der Waals surface area contributed by atoms with Crippen LogP contribution < -0.4 is 14.8 Å². The second kappa shape index (κ2) is 4.34. The highest BCUT2D eigenvalue weighted by Gasteiger charge is 2.19. The molecule has 3 nitrogen and oxygen atoms in total. The number of rotatable bonds is 1. The molecule has 0 unspecified atom stereocenters. The molecule has 1 saturated heterocycles. The highest BCUT2D eigenvalue weighted by Crippen LogP contribution is 2.35. The minimum absolute atomic E-state index is 0.647. The fourth-order valence-corrected chi connectivity index (χ4v) is 2.40. The minimum Gasteiger partial charge on any atom is -0.486 e. The monoisotopic (exact) mass is 218 g/mol. The average molecular weight is 218 g/mol. The second-order valence-corrected chi connectivity index (χ2v) is 4.35. The fraction of sp³-hybridized carbons (Fsp3) is 0.538. The molecule has 3 rings (SSSR count). The molecule has 0 saturated carbocycles. The van der Waals surface area contributed by atoms with E-state index in [1.54, 1.807) is 0 Å². The Morgan fingerprint density at radius 3 is 2.56 bits per heavy atom. The topological polar surface area (TPSA) is 32.6 Å². The van der Waals surface area contributed by atoms with Crippen molar-refractivity contribution in [1.82, 2.24) is 5.32 Å². The maximum Gasteiger partial charge on any atom is 0.161 e. The van der Waals surface area contributed by atoms with Gasteiger partial charge in [-0.2, -0.15) is 0 Å². The molecule has 0 atom stereocenters. The standard InChI is InChI=1S/C13H16NO2/c1-2-12-13(16-8-7-15-12)9-11(1)10-3-5-14-6-4-10/h1-2,9-10H,3-8H2. The number of hydrogen-bond donors (Lipinski definition) is 0. The summed E-state index contributed by atoms with van der Waals surface area (Å²) in [6, 6.07) is 6.35. The van der Waals surface area contributed by atoms with Gasteiger partial charge < -0.3 is 9.47 Å². The van der Waals surface area contributed by atoms with Gasteiger partial charge in [-0.15, -0.1) is 0 Å². The minimum atomic E-state index is 0.647. The van der Waals surface area contributed by atoms with Crippen LogP contribution in [0.5, 0.6) is 11.5 Å². The summed E-state index contributed by atoms with van der Waals surface area (Å²) in [5.74, 6) is 2.44. The van der Waals surface area contributed by atoms with Crippen LogP contribution in [0.2, 0.25) is 0 Å². The third-order valence-electron chi connectivity index (χ3n) is 3.31. The van der Waals surface area contributed by atoms with E-state index in [0.29, 0.717) is 19.1 Å². The lowest BCUT2D eigenvalue weighted by Crippen LogP contribution is -2.21. The fourth-order valence-electron chi connectivity index (χ4n) is 2.40. The summed E-state index contributed by atoms with van der Waals surface area (Å²) >= 11 is 0. The maximum absolute atomic E-state index is 5.61. The lowest BCUT2D eigenvalue weighted by atomic mass is 9.90. The average Bonchev–Trinajstić information content (AvgIpc) is 2.39. The van der Waals surface area contributed by atoms with E-state index in [2.05, 4.69) is 17.4 Å². The highest BCUT2D eigenvalue weighted by molar-refractivity contribution is 5.44. The Kier molecular flexibility index (Phi) is 2.70. The molecular weight excluding hydrogens is 202 g/mol. The van der Waals surface area contributed by atoms with E-state index in [-0.39, 0.29) is 0 Å². The molecule has 1 fully saturated rings. The first-order valence-electron chi connectivity index (χ1n) is 5.96. The van der Waals surface area contributed by atoms with E-state index < -0.39 is 0 Å². The first kappa shape index (κ1) is 9.97. The summed E-state index contributed by atoms with van der Waals surface area (Å²) in [7, 11) is 0. The summed E-state index contributed by atoms with van der Waals surface area (Å²) in [6.45, 7) is 3.32. The molecule has 16 heavy (non-hydrogen) atoms. The van der Waals surface area contributed by atoms with Gasteiger partial charge in [-0.25, -0.2) is 5.32 Å². The Bertz CT molecular complexity index is 372. The van der Waals surface area contributed by atoms with Crippen LogP contribution in [0.25, 0.3) is 0 Å². The Morgan fingerprint density at radius 1 is 1.00 bits per heavy atom. The van der Waals surface area contributed by atoms with Gasteiger partial charge in [0.15, 0.2) is 11.5 Å². The zero-order chi connectivity index (χ0) is 10.8. The lowest BCUT2D eigenvalue weighted by molar-refractivity contribution is 0.171. The molecule has 1 radical (unpaired) electrons. The van der Waals surface area contributed by atoms with Crippen molar-refractivity contribution in [3.63, 3.8) is 0 Å². The molecule has 1 aromatic rings. The van der Waals surface area contributed by atoms with Crippen molar-refractivity contribution >= 4 is 0 Å². The van der Waals surface area contributed by atoms with Crippen LogP contribution in [0.15, 0.2) is 18.2 Å². The van der Waals surface area contributed by atoms with Gasteiger partial charge in [0, 0.05) is 13.1 Å². The van der Waals surface area contributed by atoms with Gasteiger partial charge in [0.25, 0.3) is 0 Å². The summed E-state index contributed by atoms with van der Waals surface area (Å²) < 4.78 is 11.1. The largest absolute Gasteiger partial charge is 0.486 e. The molecule has 2 heterocycles. The molecule has 0 N–H and O–H groups in total. The summed E-state index contributed by atoms with van der Waals surface area (Å²) in [6.07, 6.45) is 2.33. The van der Waals surface area contributed by atoms with Crippen molar-refractivity contribution in [3.05, 3.63) is 23.8 Å². The maximum atomic E-state index is 5.61. The SMILES string of the molecule is c1cc2c(cc1C1CC[N]CC1)OCCO2. The number of nitrogens with zero attached hydrogens (tertiary/aromatic N) is 1. The summed E-state index contributed by atoms with van der Waals surface area (Å²) in [5.41, 5.74) is 1.37. The van der Waals surface area contributed by atoms with Gasteiger partial charge in [-0.3, -0.25) is 0 Å². The van der Waals surface area contributed by atoms with Crippen molar-refractivity contribution < 1.29 is 9.47 Å². The molecule has 0 aromatic heterocycles. The Hall–Kier alpha value is -1.22. The molecule has 2 aliphatic rings. The molecule has 3 heteroatoms. The van der Waals surface area contributed by atoms with Crippen molar-refractivity contribution in [2.45, 2.75) is 18.8 Å². The van der Waals surface area contributed by atoms with E-state index in [9.17, 15) is 0 Å². The Labute approximate surface area is 95.8 Å². The molecule has 0 bridgehead atoms. The van der Waals surface area contributed by atoms with Crippen LogP contribution in [-0.2, 0) is 0 Å². The van der Waals surface area contributed by atoms with Crippen molar-refractivity contribution in [2.75, 3.05) is 26.3 Å². The normalized spacial score (nSPS) is 20.8. The molecule has 0 amide bonds. The first-order chi connectivity index (χ1) is 7.93. The van der Waals surface area contributed by atoms with E-state index in [0.717, 1.165) is 24.6 Å². The number of fused-ring (bicyclic) bond motifs is 1. The van der Waals surface area contributed by atoms with Crippen LogP contribution in [-0.4, -0.2) is 26.3 Å². The van der Waals surface area contributed by atoms with Crippen LogP contribution in [0.3, 0.4) is 0 Å². The molecule has 2 aliphatic heterocycles. The molecule has 85 valence electrons. The smallest absolute Gasteiger partial charge is 0.161 e. The van der Waals surface area contributed by atoms with Gasteiger partial charge in [-0.1, -0.05) is 6.07 Å². The van der Waals surface area contributed by atoms with Crippen molar-refractivity contribution in [1.29, 1.82) is 0 Å². The number of piperidine rings is 1. The van der Waals surface area contributed by atoms with Gasteiger partial charge in [0.2, 0.25) is 0 Å². The van der Waals surface area contributed by atoms with E-state index >= 15 is 0 Å². The van der Waals surface area contributed by atoms with E-state index in [1.807, 2.05) is 6.07 Å². The van der Waals surface area contributed by atoms with Gasteiger partial charge in [0.1, 0.15) is 13.2 Å². The predicted octanol–water partition coefficient (Wildman–Crippen LogP) is 1.94. The van der Waals surface area contributed by atoms with Crippen molar-refractivity contribution in [3.8, 4) is 11.5 Å². The zero-order valence-corrected chi connectivity index (χ0v) is 9.32. The van der Waals surface area contributed by atoms with Crippen LogP contribution in [0, 0.1) is 0 Å². The third kappa shape index (κ3) is 1.87. The Morgan fingerprint density at radius 2 is 1.75 bits per heavy atom. The van der Waals surface area contributed by atoms with Gasteiger partial charge in [-0.05, 0) is 36.5 Å². The summed E-state index contributed by atoms with van der Waals surface area (Å²) in [5, 5.41) is 4.38. The second-order valence-electron chi connectivity index (χ2n) is 4.35. The van der Waals surface area contributed by atoms with Crippen molar-refractivity contribution in [2.24, 2.45) is 0 Å². The zero-order valence-electron chi connectivity index (χ0n) is 9.32. The van der Waals surface area contributed by atoms with Gasteiger partial charge in [0.05, 0.1) is 0 Å². The van der Waals surface area contributed by atoms with Crippen LogP contribution in [0.1, 0.15) is 24.3 Å². The third-order valence-corrected chi connectivity index (χ3v) is 3.31. The molecular formula is C13H16NO2. The molecule has 0 aliphatic carbocycles. The van der Waals surface area contributed by atoms with E-state index in [1.165, 1.54) is 18.4 Å². The lowest BCUT2D eigenvalue weighted by Gasteiger charge is -2.24. The molecule has 1 aromatic carbocycles. The number of benzene rings is 1. The number of hydrogen-bond acceptors (Lipinski definition) is 2. The molecule has 0 spiro atoms.